The van der Waals surface area contributed by atoms with Crippen LogP contribution in [0.2, 0.25) is 0 Å². The molecule has 2 aromatic heterocycles. The lowest BCUT2D eigenvalue weighted by Crippen LogP contribution is -2.04. The quantitative estimate of drug-likeness (QED) is 0.729. The van der Waals surface area contributed by atoms with Gasteiger partial charge in [0.25, 0.3) is 0 Å². The van der Waals surface area contributed by atoms with Crippen molar-refractivity contribution >= 4 is 28.8 Å². The van der Waals surface area contributed by atoms with E-state index < -0.39 is 5.97 Å². The summed E-state index contributed by atoms with van der Waals surface area (Å²) in [6.07, 6.45) is 1.53. The van der Waals surface area contributed by atoms with Gasteiger partial charge in [-0.25, -0.2) is 9.37 Å². The van der Waals surface area contributed by atoms with E-state index in [9.17, 15) is 9.18 Å². The number of thioether (sulfide) groups is 1. The van der Waals surface area contributed by atoms with Crippen LogP contribution < -0.4 is 0 Å². The Balaban J connectivity index is 2.03. The molecule has 0 aliphatic heterocycles. The number of rotatable bonds is 5. The molecule has 0 saturated carbocycles. The number of aliphatic carboxylic acids is 1. The Morgan fingerprint density at radius 1 is 1.43 bits per heavy atom. The predicted molar refractivity (Wildman–Crippen MR) is 73.7 cm³/mol. The highest BCUT2D eigenvalue weighted by Crippen LogP contribution is 2.25. The topological polar surface area (TPSA) is 81.1 Å². The number of carbonyl (C=O) groups is 1. The van der Waals surface area contributed by atoms with Gasteiger partial charge in [-0.3, -0.25) is 4.79 Å². The Bertz CT molecular complexity index is 785. The summed E-state index contributed by atoms with van der Waals surface area (Å²) in [7, 11) is 0. The minimum atomic E-state index is -0.940. The maximum atomic E-state index is 13.3. The van der Waals surface area contributed by atoms with Gasteiger partial charge in [-0.05, 0) is 12.1 Å². The molecular formula is C13H10FN3O3S. The first kappa shape index (κ1) is 13.6. The Hall–Kier alpha value is -2.35. The van der Waals surface area contributed by atoms with Gasteiger partial charge < -0.3 is 14.2 Å². The minimum Gasteiger partial charge on any atom is -0.481 e. The van der Waals surface area contributed by atoms with Crippen molar-refractivity contribution < 1.29 is 18.8 Å². The molecule has 0 atom stereocenters. The van der Waals surface area contributed by atoms with Crippen LogP contribution in [0.25, 0.3) is 11.0 Å². The fraction of sp³-hybridized carbons (Fsp3) is 0.154. The van der Waals surface area contributed by atoms with Gasteiger partial charge in [-0.15, -0.1) is 0 Å². The zero-order valence-electron chi connectivity index (χ0n) is 10.7. The van der Waals surface area contributed by atoms with E-state index >= 15 is 0 Å². The van der Waals surface area contributed by atoms with Crippen LogP contribution in [-0.4, -0.2) is 31.5 Å². The molecule has 3 aromatic rings. The van der Waals surface area contributed by atoms with Crippen LogP contribution in [0.5, 0.6) is 0 Å². The van der Waals surface area contributed by atoms with Crippen molar-refractivity contribution in [2.45, 2.75) is 11.7 Å². The fourth-order valence-corrected chi connectivity index (χ4v) is 2.68. The van der Waals surface area contributed by atoms with Gasteiger partial charge in [0.05, 0.1) is 29.5 Å². The van der Waals surface area contributed by atoms with Crippen LogP contribution in [0, 0.1) is 5.82 Å². The minimum absolute atomic E-state index is 0.123. The molecule has 0 aliphatic rings. The predicted octanol–water partition coefficient (Wildman–Crippen LogP) is 2.39. The Labute approximate surface area is 122 Å². The number of halogens is 1. The van der Waals surface area contributed by atoms with E-state index in [2.05, 4.69) is 10.1 Å². The molecule has 1 N–H and O–H groups in total. The summed E-state index contributed by atoms with van der Waals surface area (Å²) >= 11 is 1.08. The molecule has 108 valence electrons. The smallest absolute Gasteiger partial charge is 0.313 e. The zero-order chi connectivity index (χ0) is 14.8. The van der Waals surface area contributed by atoms with E-state index in [0.29, 0.717) is 28.5 Å². The van der Waals surface area contributed by atoms with E-state index in [4.69, 9.17) is 9.63 Å². The largest absolute Gasteiger partial charge is 0.481 e. The molecule has 0 radical (unpaired) electrons. The van der Waals surface area contributed by atoms with Gasteiger partial charge in [0, 0.05) is 12.1 Å². The number of benzene rings is 1. The molecule has 0 spiro atoms. The number of hydrogen-bond donors (Lipinski definition) is 1. The Morgan fingerprint density at radius 3 is 3.00 bits per heavy atom. The lowest BCUT2D eigenvalue weighted by atomic mass is 10.3. The van der Waals surface area contributed by atoms with Crippen LogP contribution in [0.1, 0.15) is 5.76 Å². The Kier molecular flexibility index (Phi) is 3.61. The summed E-state index contributed by atoms with van der Waals surface area (Å²) in [4.78, 5) is 15.0. The van der Waals surface area contributed by atoms with Gasteiger partial charge in [0.2, 0.25) is 0 Å². The van der Waals surface area contributed by atoms with E-state index in [1.165, 1.54) is 18.3 Å². The first-order valence-corrected chi connectivity index (χ1v) is 7.02. The van der Waals surface area contributed by atoms with Gasteiger partial charge in [-0.2, -0.15) is 0 Å². The molecule has 0 saturated heterocycles. The van der Waals surface area contributed by atoms with Crippen LogP contribution in [0.4, 0.5) is 4.39 Å². The van der Waals surface area contributed by atoms with Gasteiger partial charge in [0.15, 0.2) is 10.9 Å². The highest BCUT2D eigenvalue weighted by Gasteiger charge is 2.14. The average molecular weight is 307 g/mol. The van der Waals surface area contributed by atoms with Crippen LogP contribution in [0.15, 0.2) is 40.1 Å². The van der Waals surface area contributed by atoms with Crippen LogP contribution in [-0.2, 0) is 11.3 Å². The highest BCUT2D eigenvalue weighted by atomic mass is 32.2. The van der Waals surface area contributed by atoms with Crippen molar-refractivity contribution in [3.05, 3.63) is 42.0 Å². The summed E-state index contributed by atoms with van der Waals surface area (Å²) in [5.74, 6) is -0.843. The third-order valence-electron chi connectivity index (χ3n) is 2.81. The molecule has 1 aromatic carbocycles. The molecule has 0 fully saturated rings. The number of nitrogens with zero attached hydrogens (tertiary/aromatic N) is 3. The number of carboxylic acids is 1. The highest BCUT2D eigenvalue weighted by molar-refractivity contribution is 7.99. The monoisotopic (exact) mass is 307 g/mol. The van der Waals surface area contributed by atoms with Crippen molar-refractivity contribution in [3.8, 4) is 0 Å². The maximum Gasteiger partial charge on any atom is 0.313 e. The van der Waals surface area contributed by atoms with Crippen molar-refractivity contribution in [2.75, 3.05) is 5.75 Å². The van der Waals surface area contributed by atoms with Gasteiger partial charge in [-0.1, -0.05) is 16.9 Å². The molecule has 0 unspecified atom stereocenters. The molecule has 0 aliphatic carbocycles. The maximum absolute atomic E-state index is 13.3. The Morgan fingerprint density at radius 2 is 2.29 bits per heavy atom. The van der Waals surface area contributed by atoms with Crippen molar-refractivity contribution in [2.24, 2.45) is 0 Å². The fourth-order valence-electron chi connectivity index (χ4n) is 1.95. The number of fused-ring (bicyclic) bond motifs is 1. The molecule has 0 bridgehead atoms. The van der Waals surface area contributed by atoms with E-state index in [-0.39, 0.29) is 11.6 Å². The van der Waals surface area contributed by atoms with Crippen molar-refractivity contribution in [1.82, 2.24) is 14.7 Å². The molecule has 8 heteroatoms. The summed E-state index contributed by atoms with van der Waals surface area (Å²) in [5.41, 5.74) is 1.18. The van der Waals surface area contributed by atoms with Crippen LogP contribution >= 0.6 is 11.8 Å². The second-order valence-electron chi connectivity index (χ2n) is 4.27. The lowest BCUT2D eigenvalue weighted by molar-refractivity contribution is -0.133. The van der Waals surface area contributed by atoms with Gasteiger partial charge in [0.1, 0.15) is 5.82 Å². The standard InChI is InChI=1S/C13H10FN3O3S/c14-8-1-2-11-10(5-8)16-13(21-7-12(18)19)17(11)6-9-3-4-15-20-9/h1-5H,6-7H2,(H,18,19). The number of aromatic nitrogens is 3. The zero-order valence-corrected chi connectivity index (χ0v) is 11.5. The molecule has 0 amide bonds. The first-order valence-electron chi connectivity index (χ1n) is 6.03. The molecular weight excluding hydrogens is 297 g/mol. The number of hydrogen-bond acceptors (Lipinski definition) is 5. The second-order valence-corrected chi connectivity index (χ2v) is 5.22. The summed E-state index contributed by atoms with van der Waals surface area (Å²) in [6, 6.07) is 5.98. The van der Waals surface area contributed by atoms with E-state index in [1.807, 2.05) is 0 Å². The summed E-state index contributed by atoms with van der Waals surface area (Å²) in [5, 5.41) is 12.9. The molecule has 3 rings (SSSR count). The van der Waals surface area contributed by atoms with Crippen LogP contribution in [0.3, 0.4) is 0 Å². The third kappa shape index (κ3) is 2.89. The van der Waals surface area contributed by atoms with E-state index in [0.717, 1.165) is 11.8 Å². The normalized spacial score (nSPS) is 11.1. The number of imidazole rings is 1. The molecule has 2 heterocycles. The third-order valence-corrected chi connectivity index (χ3v) is 3.77. The SMILES string of the molecule is O=C(O)CSc1nc2cc(F)ccc2n1Cc1ccno1. The van der Waals surface area contributed by atoms with E-state index in [1.54, 1.807) is 16.7 Å². The summed E-state index contributed by atoms with van der Waals surface area (Å²) in [6.45, 7) is 0.351. The molecule has 21 heavy (non-hydrogen) atoms. The van der Waals surface area contributed by atoms with Crippen molar-refractivity contribution in [3.63, 3.8) is 0 Å². The molecule has 6 nitrogen and oxygen atoms in total. The average Bonchev–Trinajstić information content (AvgIpc) is 3.05. The second kappa shape index (κ2) is 5.57. The van der Waals surface area contributed by atoms with Crippen molar-refractivity contribution in [1.29, 1.82) is 0 Å². The first-order chi connectivity index (χ1) is 10.1. The summed E-state index contributed by atoms with van der Waals surface area (Å²) < 4.78 is 20.1. The lowest BCUT2D eigenvalue weighted by Gasteiger charge is -2.05. The number of carboxylic acid groups (broad SMARTS) is 1. The van der Waals surface area contributed by atoms with Gasteiger partial charge >= 0.3 is 5.97 Å².